The zero-order valence-electron chi connectivity index (χ0n) is 25.4. The molecule has 0 heterocycles. The molecule has 0 saturated carbocycles. The molecular weight excluding hydrogens is 647 g/mol. The molecule has 202 valence electrons. The fourth-order valence-corrected chi connectivity index (χ4v) is 27.4. The minimum absolute atomic E-state index is 0.478. The first kappa shape index (κ1) is 27.3. The van der Waals surface area contributed by atoms with Gasteiger partial charge in [0.15, 0.2) is 0 Å². The number of aryl methyl sites for hydroxylation is 4. The van der Waals surface area contributed by atoms with Gasteiger partial charge in [-0.25, -0.2) is 0 Å². The van der Waals surface area contributed by atoms with E-state index in [0.29, 0.717) is 7.35 Å². The van der Waals surface area contributed by atoms with Crippen molar-refractivity contribution in [3.63, 3.8) is 0 Å². The van der Waals surface area contributed by atoms with Crippen molar-refractivity contribution in [2.75, 3.05) is 0 Å². The molecule has 6 rings (SSSR count). The van der Waals surface area contributed by atoms with Crippen molar-refractivity contribution in [3.05, 3.63) is 129 Å². The molecule has 0 aromatic heterocycles. The van der Waals surface area contributed by atoms with E-state index in [-0.39, 0.29) is 0 Å². The molecule has 0 aliphatic heterocycles. The van der Waals surface area contributed by atoms with Crippen LogP contribution in [0.25, 0.3) is 34.4 Å². The fraction of sp³-hybridized carbons (Fsp3) is 0.256. The molecule has 0 nitrogen and oxygen atoms in total. The maximum atomic E-state index is 2.73. The molecule has 0 radical (unpaired) electrons. The van der Waals surface area contributed by atoms with Gasteiger partial charge in [0.2, 0.25) is 0 Å². The van der Waals surface area contributed by atoms with Crippen molar-refractivity contribution in [2.45, 2.75) is 58.3 Å². The quantitative estimate of drug-likeness (QED) is 0.187. The summed E-state index contributed by atoms with van der Waals surface area (Å²) in [5, 5.41) is 0. The summed E-state index contributed by atoms with van der Waals surface area (Å²) >= 11 is -3.89. The first-order valence-electron chi connectivity index (χ1n) is 14.8. The molecule has 2 unspecified atom stereocenters. The summed E-state index contributed by atoms with van der Waals surface area (Å²) in [4.78, 5) is 0. The molecular formula is C39H42Hf. The molecule has 2 aliphatic rings. The summed E-state index contributed by atoms with van der Waals surface area (Å²) in [5.41, 5.74) is 16.9. The van der Waals surface area contributed by atoms with Gasteiger partial charge in [-0.3, -0.25) is 0 Å². The van der Waals surface area contributed by atoms with Crippen molar-refractivity contribution in [1.82, 2.24) is 0 Å². The number of hydrogen-bond donors (Lipinski definition) is 0. The average Bonchev–Trinajstić information content (AvgIpc) is 3.55. The van der Waals surface area contributed by atoms with Crippen LogP contribution in [0.15, 0.2) is 84.9 Å². The molecule has 1 heteroatoms. The molecule has 0 N–H and O–H groups in total. The second-order valence-electron chi connectivity index (χ2n) is 13.4. The molecule has 40 heavy (non-hydrogen) atoms. The van der Waals surface area contributed by atoms with Gasteiger partial charge in [0.25, 0.3) is 0 Å². The van der Waals surface area contributed by atoms with Crippen LogP contribution in [0.3, 0.4) is 0 Å². The Morgan fingerprint density at radius 1 is 0.525 bits per heavy atom. The van der Waals surface area contributed by atoms with E-state index >= 15 is 0 Å². The SMILES string of the molecule is C[C](C)=[Hf]([CH3])([CH3])([CH]1C=Cc2c(-c3c(C)cccc3C)cccc21)[CH]1C=Cc2c(-c3c(C)cccc3C)cccc21. The average molecular weight is 689 g/mol. The van der Waals surface area contributed by atoms with Crippen molar-refractivity contribution >= 4 is 15.4 Å². The molecule has 0 saturated heterocycles. The van der Waals surface area contributed by atoms with E-state index in [1.807, 2.05) is 0 Å². The standard InChI is InChI=1S/2C17H15.C3H6.2CH3.Hf/c2*1-12-6-3-7-13(2)17(12)16-11-5-9-14-8-4-10-15(14)16;1-3-2;;;/h2*3-11H,1-2H3;1-2H3;2*1H3;. The van der Waals surface area contributed by atoms with Crippen LogP contribution >= 0.6 is 0 Å². The van der Waals surface area contributed by atoms with Crippen LogP contribution in [0.2, 0.25) is 9.36 Å². The van der Waals surface area contributed by atoms with Crippen LogP contribution in [0.5, 0.6) is 0 Å². The van der Waals surface area contributed by atoms with E-state index in [2.05, 4.69) is 148 Å². The number of benzene rings is 4. The number of fused-ring (bicyclic) bond motifs is 2. The van der Waals surface area contributed by atoms with E-state index in [0.717, 1.165) is 0 Å². The van der Waals surface area contributed by atoms with Crippen LogP contribution in [0, 0.1) is 27.7 Å². The fourth-order valence-electron chi connectivity index (χ4n) is 7.95. The Morgan fingerprint density at radius 2 is 0.875 bits per heavy atom. The third kappa shape index (κ3) is 3.84. The summed E-state index contributed by atoms with van der Waals surface area (Å²) in [6.07, 6.45) is 10.1. The monoisotopic (exact) mass is 690 g/mol. The van der Waals surface area contributed by atoms with E-state index in [4.69, 9.17) is 0 Å². The van der Waals surface area contributed by atoms with E-state index in [9.17, 15) is 0 Å². The third-order valence-electron chi connectivity index (χ3n) is 10.9. The van der Waals surface area contributed by atoms with Crippen molar-refractivity contribution in [2.24, 2.45) is 0 Å². The summed E-state index contributed by atoms with van der Waals surface area (Å²) in [6, 6.07) is 27.5. The molecule has 0 bridgehead atoms. The molecule has 2 aliphatic carbocycles. The van der Waals surface area contributed by atoms with Crippen molar-refractivity contribution in [1.29, 1.82) is 0 Å². The predicted octanol–water partition coefficient (Wildman–Crippen LogP) is 11.1. The second kappa shape index (κ2) is 9.59. The Kier molecular flexibility index (Phi) is 6.54. The predicted molar refractivity (Wildman–Crippen MR) is 174 cm³/mol. The van der Waals surface area contributed by atoms with Crippen molar-refractivity contribution in [3.8, 4) is 22.3 Å². The van der Waals surface area contributed by atoms with Crippen LogP contribution < -0.4 is 0 Å². The molecule has 0 fully saturated rings. The Bertz CT molecular complexity index is 1650. The minimum atomic E-state index is -3.89. The zero-order chi connectivity index (χ0) is 28.4. The molecule has 4 aromatic carbocycles. The number of allylic oxidation sites excluding steroid dienone is 2. The van der Waals surface area contributed by atoms with Crippen LogP contribution in [0.1, 0.15) is 65.7 Å². The van der Waals surface area contributed by atoms with Gasteiger partial charge in [-0.2, -0.15) is 0 Å². The van der Waals surface area contributed by atoms with Gasteiger partial charge in [0.1, 0.15) is 0 Å². The maximum absolute atomic E-state index is 3.89. The summed E-state index contributed by atoms with van der Waals surface area (Å²) < 4.78 is 8.10. The van der Waals surface area contributed by atoms with Crippen LogP contribution in [0.4, 0.5) is 0 Å². The van der Waals surface area contributed by atoms with Gasteiger partial charge in [-0.05, 0) is 0 Å². The summed E-state index contributed by atoms with van der Waals surface area (Å²) in [7, 11) is 0. The molecule has 0 amide bonds. The van der Waals surface area contributed by atoms with Gasteiger partial charge < -0.3 is 0 Å². The Morgan fingerprint density at radius 3 is 1.23 bits per heavy atom. The second-order valence-corrected chi connectivity index (χ2v) is 40.3. The number of hydrogen-bond acceptors (Lipinski definition) is 0. The van der Waals surface area contributed by atoms with E-state index in [1.165, 1.54) is 66.8 Å². The van der Waals surface area contributed by atoms with Gasteiger partial charge in [0, 0.05) is 0 Å². The Balaban J connectivity index is 1.54. The first-order chi connectivity index (χ1) is 19.0. The summed E-state index contributed by atoms with van der Waals surface area (Å²) in [5.74, 6) is 0. The third-order valence-corrected chi connectivity index (χ3v) is 39.6. The molecule has 4 aromatic rings. The van der Waals surface area contributed by atoms with Crippen LogP contribution in [-0.2, 0) is 18.0 Å². The van der Waals surface area contributed by atoms with Gasteiger partial charge in [-0.1, -0.05) is 0 Å². The number of rotatable bonds is 4. The Hall–Kier alpha value is -2.90. The van der Waals surface area contributed by atoms with Crippen molar-refractivity contribution < 1.29 is 18.0 Å². The first-order valence-corrected chi connectivity index (χ1v) is 27.9. The Labute approximate surface area is 242 Å². The topological polar surface area (TPSA) is 0 Å². The van der Waals surface area contributed by atoms with E-state index < -0.39 is 18.0 Å². The van der Waals surface area contributed by atoms with Crippen LogP contribution in [-0.4, -0.2) is 3.26 Å². The van der Waals surface area contributed by atoms with Gasteiger partial charge >= 0.3 is 243 Å². The zero-order valence-corrected chi connectivity index (χ0v) is 29.0. The summed E-state index contributed by atoms with van der Waals surface area (Å²) in [6.45, 7) is 13.9. The van der Waals surface area contributed by atoms with Gasteiger partial charge in [-0.15, -0.1) is 0 Å². The molecule has 2 atom stereocenters. The normalized spacial score (nSPS) is 17.7. The molecule has 0 spiro atoms. The van der Waals surface area contributed by atoms with Gasteiger partial charge in [0.05, 0.1) is 0 Å². The van der Waals surface area contributed by atoms with E-state index in [1.54, 1.807) is 3.26 Å².